The van der Waals surface area contributed by atoms with Gasteiger partial charge in [0.05, 0.1) is 34.1 Å². The van der Waals surface area contributed by atoms with Gasteiger partial charge in [-0.2, -0.15) is 0 Å². The normalized spacial score (nSPS) is 21.1. The summed E-state index contributed by atoms with van der Waals surface area (Å²) >= 11 is 9.83. The number of amides is 1. The van der Waals surface area contributed by atoms with Gasteiger partial charge < -0.3 is 33.8 Å². The number of hydrogen-bond donors (Lipinski definition) is 1. The van der Waals surface area contributed by atoms with E-state index in [0.29, 0.717) is 61.5 Å². The highest BCUT2D eigenvalue weighted by molar-refractivity contribution is 9.10. The molecule has 4 rings (SSSR count). The fourth-order valence-electron chi connectivity index (χ4n) is 6.11. The number of carbonyl (C=O) groups excluding carboxylic acids is 1. The number of ether oxygens (including phenoxy) is 3. The zero-order valence-corrected chi connectivity index (χ0v) is 34.2. The van der Waals surface area contributed by atoms with E-state index in [-0.39, 0.29) is 44.3 Å². The lowest BCUT2D eigenvalue weighted by atomic mass is 9.94. The molecule has 0 aliphatic carbocycles. The number of anilines is 1. The number of halogens is 3. The molecule has 1 aromatic heterocycles. The Balaban J connectivity index is 1.71. The molecule has 1 N–H and O–H groups in total. The maximum absolute atomic E-state index is 15.8. The van der Waals surface area contributed by atoms with Crippen molar-refractivity contribution in [2.75, 3.05) is 45.8 Å². The number of rotatable bonds is 11. The number of nitrogens with zero attached hydrogens (tertiary/aromatic N) is 3. The summed E-state index contributed by atoms with van der Waals surface area (Å²) in [7, 11) is 1.66. The standard InChI is InChI=1S/C36H55BrClFN4O5Si/c1-35(2,3)48-34(44)43-17-13-23(20-24(43)14-19-47-49(9,10)36(4,5)6)40-31-26(15-18-45-8)33(46-22-25-12-11-16-42(25)7)41-32-27(31)21-28(38)29(37)30(32)39/h15,18,21,23-25H,11-14,16-17,19-20,22H2,1-10H3,(H,40,41)/b18-15+/t23-,24+,25-/m0/s1. The van der Waals surface area contributed by atoms with Crippen LogP contribution in [0.2, 0.25) is 23.2 Å². The van der Waals surface area contributed by atoms with Crippen molar-refractivity contribution in [2.45, 2.75) is 116 Å². The maximum atomic E-state index is 15.8. The first-order chi connectivity index (χ1) is 22.8. The van der Waals surface area contributed by atoms with E-state index in [0.717, 1.165) is 19.4 Å². The van der Waals surface area contributed by atoms with Crippen LogP contribution in [0, 0.1) is 5.82 Å². The zero-order chi connectivity index (χ0) is 36.3. The molecular weight excluding hydrogens is 731 g/mol. The summed E-state index contributed by atoms with van der Waals surface area (Å²) in [6.07, 6.45) is 7.08. The molecule has 2 aromatic rings. The van der Waals surface area contributed by atoms with Gasteiger partial charge in [0.2, 0.25) is 5.88 Å². The number of pyridine rings is 1. The second-order valence-corrected chi connectivity index (χ2v) is 21.8. The van der Waals surface area contributed by atoms with Crippen LogP contribution < -0.4 is 10.1 Å². The minimum atomic E-state index is -2.00. The van der Waals surface area contributed by atoms with Crippen molar-refractivity contribution >= 4 is 64.6 Å². The lowest BCUT2D eigenvalue weighted by molar-refractivity contribution is 0.00624. The molecule has 2 aliphatic rings. The van der Waals surface area contributed by atoms with Crippen molar-refractivity contribution < 1.29 is 27.8 Å². The van der Waals surface area contributed by atoms with E-state index < -0.39 is 19.7 Å². The molecule has 274 valence electrons. The average molecular weight is 786 g/mol. The van der Waals surface area contributed by atoms with Crippen LogP contribution in [0.25, 0.3) is 17.0 Å². The molecule has 2 fully saturated rings. The molecule has 3 atom stereocenters. The van der Waals surface area contributed by atoms with E-state index in [4.69, 9.17) is 35.2 Å². The predicted molar refractivity (Wildman–Crippen MR) is 203 cm³/mol. The van der Waals surface area contributed by atoms with E-state index in [9.17, 15) is 4.79 Å². The Morgan fingerprint density at radius 1 is 1.18 bits per heavy atom. The first kappa shape index (κ1) is 39.7. The van der Waals surface area contributed by atoms with E-state index in [1.165, 1.54) is 0 Å². The van der Waals surface area contributed by atoms with E-state index in [1.54, 1.807) is 25.5 Å². The minimum Gasteiger partial charge on any atom is -0.504 e. The number of fused-ring (bicyclic) bond motifs is 1. The lowest BCUT2D eigenvalue weighted by Gasteiger charge is -2.42. The van der Waals surface area contributed by atoms with Gasteiger partial charge in [0, 0.05) is 36.7 Å². The SMILES string of the molecule is CO/C=C/c1c(OC[C@@H]2CCCN2C)nc2c(F)c(Br)c(Cl)cc2c1N[C@H]1CCN(C(=O)OC(C)(C)C)[C@H](CCO[Si](C)(C)C(C)(C)C)C1. The summed E-state index contributed by atoms with van der Waals surface area (Å²) in [4.78, 5) is 22.3. The van der Waals surface area contributed by atoms with Gasteiger partial charge in [-0.15, -0.1) is 0 Å². The summed E-state index contributed by atoms with van der Waals surface area (Å²) in [6, 6.07) is 1.75. The van der Waals surface area contributed by atoms with Crippen molar-refractivity contribution in [2.24, 2.45) is 0 Å². The van der Waals surface area contributed by atoms with E-state index in [2.05, 4.69) is 67.1 Å². The Kier molecular flexibility index (Phi) is 13.0. The topological polar surface area (TPSA) is 85.4 Å². The van der Waals surface area contributed by atoms with Crippen LogP contribution in [-0.2, 0) is 13.9 Å². The van der Waals surface area contributed by atoms with Gasteiger partial charge in [0.25, 0.3) is 0 Å². The van der Waals surface area contributed by atoms with Crippen LogP contribution in [0.15, 0.2) is 16.8 Å². The van der Waals surface area contributed by atoms with Gasteiger partial charge in [-0.25, -0.2) is 14.2 Å². The highest BCUT2D eigenvalue weighted by Gasteiger charge is 2.39. The van der Waals surface area contributed by atoms with E-state index >= 15 is 4.39 Å². The van der Waals surface area contributed by atoms with Gasteiger partial charge >= 0.3 is 6.09 Å². The zero-order valence-electron chi connectivity index (χ0n) is 30.8. The van der Waals surface area contributed by atoms with Crippen LogP contribution in [0.3, 0.4) is 0 Å². The third-order valence-electron chi connectivity index (χ3n) is 9.99. The van der Waals surface area contributed by atoms with Crippen LogP contribution in [0.5, 0.6) is 5.88 Å². The van der Waals surface area contributed by atoms with Gasteiger partial charge in [-0.05, 0) is 113 Å². The molecule has 0 saturated carbocycles. The van der Waals surface area contributed by atoms with Crippen LogP contribution >= 0.6 is 27.5 Å². The molecule has 49 heavy (non-hydrogen) atoms. The molecule has 3 heterocycles. The molecule has 9 nitrogen and oxygen atoms in total. The molecule has 1 aromatic carbocycles. The molecule has 1 amide bonds. The van der Waals surface area contributed by atoms with Crippen molar-refractivity contribution in [1.82, 2.24) is 14.8 Å². The number of benzene rings is 1. The number of likely N-dealkylation sites (N-methyl/N-ethyl adjacent to an activating group) is 1. The summed E-state index contributed by atoms with van der Waals surface area (Å²) in [6.45, 7) is 19.2. The van der Waals surface area contributed by atoms with Crippen molar-refractivity contribution in [3.63, 3.8) is 0 Å². The number of likely N-dealkylation sites (tertiary alicyclic amines) is 2. The molecule has 0 spiro atoms. The lowest BCUT2D eigenvalue weighted by Crippen LogP contribution is -2.51. The predicted octanol–water partition coefficient (Wildman–Crippen LogP) is 9.47. The number of aromatic nitrogens is 1. The smallest absolute Gasteiger partial charge is 0.410 e. The highest BCUT2D eigenvalue weighted by atomic mass is 79.9. The Labute approximate surface area is 306 Å². The number of methoxy groups -OCH3 is 1. The second-order valence-electron chi connectivity index (χ2n) is 15.8. The summed E-state index contributed by atoms with van der Waals surface area (Å²) in [5.41, 5.74) is 0.816. The quantitative estimate of drug-likeness (QED) is 0.137. The largest absolute Gasteiger partial charge is 0.504 e. The molecular formula is C36H55BrClFN4O5Si. The Hall–Kier alpha value is -2.12. The van der Waals surface area contributed by atoms with E-state index in [1.807, 2.05) is 25.7 Å². The van der Waals surface area contributed by atoms with Crippen molar-refractivity contribution in [1.29, 1.82) is 0 Å². The van der Waals surface area contributed by atoms with Crippen LogP contribution in [0.1, 0.15) is 79.2 Å². The highest BCUT2D eigenvalue weighted by Crippen LogP contribution is 2.42. The third kappa shape index (κ3) is 9.81. The Bertz CT molecular complexity index is 1520. The fourth-order valence-corrected chi connectivity index (χ4v) is 7.66. The van der Waals surface area contributed by atoms with Crippen LogP contribution in [-0.4, -0.2) is 93.4 Å². The Morgan fingerprint density at radius 3 is 2.51 bits per heavy atom. The molecule has 2 saturated heterocycles. The maximum Gasteiger partial charge on any atom is 0.410 e. The summed E-state index contributed by atoms with van der Waals surface area (Å²) in [5.74, 6) is -0.252. The van der Waals surface area contributed by atoms with Crippen molar-refractivity contribution in [3.8, 4) is 5.88 Å². The number of carbonyl (C=O) groups is 1. The first-order valence-corrected chi connectivity index (χ1v) is 21.3. The van der Waals surface area contributed by atoms with Gasteiger partial charge in [0.15, 0.2) is 14.1 Å². The van der Waals surface area contributed by atoms with Gasteiger partial charge in [0.1, 0.15) is 17.7 Å². The molecule has 0 radical (unpaired) electrons. The van der Waals surface area contributed by atoms with Gasteiger partial charge in [-0.3, -0.25) is 0 Å². The number of hydrogen-bond acceptors (Lipinski definition) is 8. The molecule has 0 unspecified atom stereocenters. The molecule has 0 bridgehead atoms. The molecule has 13 heteroatoms. The third-order valence-corrected chi connectivity index (χ3v) is 15.8. The summed E-state index contributed by atoms with van der Waals surface area (Å²) < 4.78 is 40.1. The van der Waals surface area contributed by atoms with Crippen molar-refractivity contribution in [3.05, 3.63) is 33.2 Å². The number of piperidine rings is 1. The number of nitrogens with one attached hydrogen (secondary N) is 1. The first-order valence-electron chi connectivity index (χ1n) is 17.3. The van der Waals surface area contributed by atoms with Crippen LogP contribution in [0.4, 0.5) is 14.9 Å². The van der Waals surface area contributed by atoms with Gasteiger partial charge in [-0.1, -0.05) is 32.4 Å². The Morgan fingerprint density at radius 2 is 1.90 bits per heavy atom. The average Bonchev–Trinajstić information content (AvgIpc) is 3.41. The monoisotopic (exact) mass is 784 g/mol. The minimum absolute atomic E-state index is 0.0710. The molecule has 2 aliphatic heterocycles. The second kappa shape index (κ2) is 16.0. The fraction of sp³-hybridized carbons (Fsp3) is 0.667. The summed E-state index contributed by atoms with van der Waals surface area (Å²) in [5, 5.41) is 4.56.